The van der Waals surface area contributed by atoms with Crippen molar-refractivity contribution >= 4 is 11.9 Å². The van der Waals surface area contributed by atoms with E-state index in [4.69, 9.17) is 15.3 Å². The second-order valence-electron chi connectivity index (χ2n) is 9.44. The SMILES string of the molecule is CC(C)(CO)C(O)C(=O)NCCC(=O)[O-].C[N+](C)(C)CCO.C[N+](C)(C)CCO.[Cl-]. The average molecular weight is 462 g/mol. The highest BCUT2D eigenvalue weighted by Gasteiger charge is 2.32. The smallest absolute Gasteiger partial charge is 0.249 e. The number of carboxylic acids is 1. The van der Waals surface area contributed by atoms with Gasteiger partial charge in [0.1, 0.15) is 19.2 Å². The van der Waals surface area contributed by atoms with Crippen LogP contribution in [0, 0.1) is 5.41 Å². The number of amides is 1. The summed E-state index contributed by atoms with van der Waals surface area (Å²) in [5, 5.41) is 47.4. The predicted octanol–water partition coefficient (Wildman–Crippen LogP) is -6.00. The number of halogens is 1. The molecular weight excluding hydrogens is 418 g/mol. The Morgan fingerprint density at radius 2 is 1.30 bits per heavy atom. The Hall–Kier alpha value is -1.01. The van der Waals surface area contributed by atoms with E-state index >= 15 is 0 Å². The van der Waals surface area contributed by atoms with Crippen molar-refractivity contribution in [3.63, 3.8) is 0 Å². The normalized spacial score (nSPS) is 12.3. The summed E-state index contributed by atoms with van der Waals surface area (Å²) >= 11 is 0. The van der Waals surface area contributed by atoms with E-state index in [2.05, 4.69) is 47.6 Å². The van der Waals surface area contributed by atoms with E-state index in [9.17, 15) is 19.8 Å². The molecule has 0 aromatic carbocycles. The molecule has 0 bridgehead atoms. The molecule has 0 rings (SSSR count). The zero-order valence-electron chi connectivity index (χ0n) is 19.8. The number of nitrogens with zero attached hydrogens (tertiary/aromatic N) is 2. The molecule has 0 fully saturated rings. The number of carbonyl (C=O) groups is 2. The second kappa shape index (κ2) is 17.6. The van der Waals surface area contributed by atoms with Gasteiger partial charge >= 0.3 is 0 Å². The van der Waals surface area contributed by atoms with Crippen LogP contribution in [0.3, 0.4) is 0 Å². The van der Waals surface area contributed by atoms with Crippen molar-refractivity contribution in [2.45, 2.75) is 26.4 Å². The van der Waals surface area contributed by atoms with E-state index in [0.717, 1.165) is 22.1 Å². The first kappa shape index (κ1) is 36.4. The van der Waals surface area contributed by atoms with Crippen LogP contribution >= 0.6 is 0 Å². The lowest BCUT2D eigenvalue weighted by Crippen LogP contribution is -3.00. The minimum Gasteiger partial charge on any atom is -1.00 e. The largest absolute Gasteiger partial charge is 1.00 e. The number of hydrogen-bond donors (Lipinski definition) is 5. The number of aliphatic carboxylic acids is 1. The molecule has 5 N–H and O–H groups in total. The fraction of sp³-hybridized carbons (Fsp3) is 0.895. The Bertz CT molecular complexity index is 434. The van der Waals surface area contributed by atoms with Gasteiger partial charge in [-0.05, 0) is 0 Å². The molecule has 0 saturated carbocycles. The van der Waals surface area contributed by atoms with Gasteiger partial charge in [0.2, 0.25) is 5.91 Å². The lowest BCUT2D eigenvalue weighted by molar-refractivity contribution is -0.870. The molecule has 1 unspecified atom stereocenters. The molecular formula is C19H44ClN3O7. The molecule has 11 heteroatoms. The molecule has 0 aromatic rings. The summed E-state index contributed by atoms with van der Waals surface area (Å²) in [7, 11) is 12.3. The van der Waals surface area contributed by atoms with Gasteiger partial charge in [-0.2, -0.15) is 0 Å². The number of carboxylic acid groups (broad SMARTS) is 1. The summed E-state index contributed by atoms with van der Waals surface area (Å²) in [6, 6.07) is 0. The highest BCUT2D eigenvalue weighted by molar-refractivity contribution is 5.81. The molecule has 10 nitrogen and oxygen atoms in total. The third-order valence-electron chi connectivity index (χ3n) is 3.57. The van der Waals surface area contributed by atoms with Crippen LogP contribution in [0.5, 0.6) is 0 Å². The van der Waals surface area contributed by atoms with Crippen LogP contribution in [-0.2, 0) is 9.59 Å². The summed E-state index contributed by atoms with van der Waals surface area (Å²) < 4.78 is 1.69. The Balaban J connectivity index is -0.000000189. The van der Waals surface area contributed by atoms with Crippen LogP contribution in [0.15, 0.2) is 0 Å². The summed E-state index contributed by atoms with van der Waals surface area (Å²) in [5.74, 6) is -1.97. The fourth-order valence-corrected chi connectivity index (χ4v) is 1.43. The molecule has 0 aliphatic heterocycles. The highest BCUT2D eigenvalue weighted by Crippen LogP contribution is 2.19. The van der Waals surface area contributed by atoms with E-state index in [0.29, 0.717) is 0 Å². The van der Waals surface area contributed by atoms with E-state index in [1.165, 1.54) is 13.8 Å². The molecule has 0 aliphatic carbocycles. The number of aliphatic hydroxyl groups excluding tert-OH is 4. The maximum absolute atomic E-state index is 11.2. The summed E-state index contributed by atoms with van der Waals surface area (Å²) in [6.45, 7) is 4.83. The lowest BCUT2D eigenvalue weighted by Gasteiger charge is -2.27. The topological polar surface area (TPSA) is 150 Å². The Kier molecular flexibility index (Phi) is 21.4. The van der Waals surface area contributed by atoms with Gasteiger partial charge in [-0.1, -0.05) is 13.8 Å². The van der Waals surface area contributed by atoms with Gasteiger partial charge < -0.3 is 57.0 Å². The molecule has 0 spiro atoms. The molecule has 0 radical (unpaired) electrons. The number of likely N-dealkylation sites (N-methyl/N-ethyl adjacent to an activating group) is 2. The van der Waals surface area contributed by atoms with Crippen molar-refractivity contribution in [3.8, 4) is 0 Å². The third-order valence-corrected chi connectivity index (χ3v) is 3.57. The van der Waals surface area contributed by atoms with Gasteiger partial charge in [-0.25, -0.2) is 0 Å². The number of hydrogen-bond acceptors (Lipinski definition) is 7. The second-order valence-corrected chi connectivity index (χ2v) is 9.44. The van der Waals surface area contributed by atoms with Crippen LogP contribution in [-0.4, -0.2) is 129 Å². The number of nitrogens with one attached hydrogen (secondary N) is 1. The Labute approximate surface area is 187 Å². The summed E-state index contributed by atoms with van der Waals surface area (Å²) in [5.41, 5.74) is -0.953. The molecule has 30 heavy (non-hydrogen) atoms. The van der Waals surface area contributed by atoms with Crippen molar-refractivity contribution in [2.24, 2.45) is 5.41 Å². The van der Waals surface area contributed by atoms with Crippen LogP contribution in [0.1, 0.15) is 20.3 Å². The number of aliphatic hydroxyl groups is 4. The first-order valence-electron chi connectivity index (χ1n) is 9.52. The Morgan fingerprint density at radius 1 is 0.933 bits per heavy atom. The van der Waals surface area contributed by atoms with Crippen molar-refractivity contribution in [2.75, 3.05) is 81.7 Å². The lowest BCUT2D eigenvalue weighted by atomic mass is 9.87. The monoisotopic (exact) mass is 461 g/mol. The molecule has 0 aliphatic rings. The van der Waals surface area contributed by atoms with Gasteiger partial charge in [-0.3, -0.25) is 4.79 Å². The van der Waals surface area contributed by atoms with Gasteiger partial charge in [0, 0.05) is 24.3 Å². The predicted molar refractivity (Wildman–Crippen MR) is 109 cm³/mol. The third kappa shape index (κ3) is 27.0. The number of quaternary nitrogens is 2. The van der Waals surface area contributed by atoms with Gasteiger partial charge in [0.15, 0.2) is 0 Å². The fourth-order valence-electron chi connectivity index (χ4n) is 1.43. The Morgan fingerprint density at radius 3 is 1.50 bits per heavy atom. The van der Waals surface area contributed by atoms with E-state index in [-0.39, 0.29) is 45.2 Å². The minimum atomic E-state index is -1.37. The first-order chi connectivity index (χ1) is 12.9. The first-order valence-corrected chi connectivity index (χ1v) is 9.52. The number of rotatable bonds is 10. The molecule has 0 aromatic heterocycles. The zero-order chi connectivity index (χ0) is 23.9. The van der Waals surface area contributed by atoms with Crippen molar-refractivity contribution < 1.29 is 56.5 Å². The van der Waals surface area contributed by atoms with Crippen LogP contribution < -0.4 is 22.8 Å². The van der Waals surface area contributed by atoms with Crippen LogP contribution in [0.4, 0.5) is 0 Å². The summed E-state index contributed by atoms with van der Waals surface area (Å²) in [4.78, 5) is 21.3. The van der Waals surface area contributed by atoms with Crippen molar-refractivity contribution in [1.29, 1.82) is 0 Å². The van der Waals surface area contributed by atoms with Gasteiger partial charge in [0.25, 0.3) is 0 Å². The minimum absolute atomic E-state index is 0. The summed E-state index contributed by atoms with van der Waals surface area (Å²) in [6.07, 6.45) is -1.68. The zero-order valence-corrected chi connectivity index (χ0v) is 20.6. The van der Waals surface area contributed by atoms with Crippen molar-refractivity contribution in [3.05, 3.63) is 0 Å². The molecule has 184 valence electrons. The van der Waals surface area contributed by atoms with E-state index in [1.807, 2.05) is 0 Å². The molecule has 1 atom stereocenters. The van der Waals surface area contributed by atoms with E-state index < -0.39 is 23.4 Å². The highest BCUT2D eigenvalue weighted by atomic mass is 35.5. The van der Waals surface area contributed by atoms with Gasteiger partial charge in [-0.15, -0.1) is 0 Å². The van der Waals surface area contributed by atoms with Crippen molar-refractivity contribution in [1.82, 2.24) is 5.32 Å². The standard InChI is InChI=1S/C9H17NO5.2C5H14NO.ClH/c1-9(2,5-11)7(14)8(15)10-4-3-6(12)13;2*1-6(2,3)4-5-7;/h7,11,14H,3-5H2,1-2H3,(H,10,15)(H,12,13);2*7H,4-5H2,1-3H3;1H/q;2*+1;/p-2. The molecule has 0 heterocycles. The maximum atomic E-state index is 11.2. The quantitative estimate of drug-likeness (QED) is 0.203. The van der Waals surface area contributed by atoms with Gasteiger partial charge in [0.05, 0.1) is 62.1 Å². The maximum Gasteiger partial charge on any atom is 0.249 e. The number of carbonyl (C=O) groups excluding carboxylic acids is 2. The van der Waals surface area contributed by atoms with E-state index in [1.54, 1.807) is 0 Å². The van der Waals surface area contributed by atoms with Crippen LogP contribution in [0.25, 0.3) is 0 Å². The average Bonchev–Trinajstić information content (AvgIpc) is 2.52. The molecule has 0 saturated heterocycles. The van der Waals surface area contributed by atoms with Crippen LogP contribution in [0.2, 0.25) is 0 Å². The molecule has 1 amide bonds.